The molecule has 0 spiro atoms. The fraction of sp³-hybridized carbons (Fsp3) is 0.500. The maximum Gasteiger partial charge on any atom is 0.259 e. The normalized spacial score (nSPS) is 17.8. The lowest BCUT2D eigenvalue weighted by Crippen LogP contribution is -2.30. The second-order valence-corrected chi connectivity index (χ2v) is 4.69. The summed E-state index contributed by atoms with van der Waals surface area (Å²) in [7, 11) is 0. The number of pyridine rings is 1. The Morgan fingerprint density at radius 2 is 2.12 bits per heavy atom. The second-order valence-electron chi connectivity index (χ2n) is 3.99. The van der Waals surface area contributed by atoms with Crippen molar-refractivity contribution >= 4 is 28.5 Å². The molecular formula is C10H16N4O2S. The van der Waals surface area contributed by atoms with Crippen LogP contribution < -0.4 is 15.4 Å². The highest BCUT2D eigenvalue weighted by molar-refractivity contribution is 7.80. The maximum absolute atomic E-state index is 10.9. The zero-order chi connectivity index (χ0) is 12.3. The van der Waals surface area contributed by atoms with Crippen molar-refractivity contribution in [1.29, 1.82) is 0 Å². The quantitative estimate of drug-likeness (QED) is 0.707. The van der Waals surface area contributed by atoms with Crippen molar-refractivity contribution in [2.75, 3.05) is 28.4 Å². The van der Waals surface area contributed by atoms with Crippen LogP contribution in [0.1, 0.15) is 19.3 Å². The Kier molecular flexibility index (Phi) is 3.80. The predicted octanol–water partition coefficient (Wildman–Crippen LogP) is 1.20. The van der Waals surface area contributed by atoms with Crippen molar-refractivity contribution in [2.24, 2.45) is 0 Å². The Balaban J connectivity index is 2.30. The summed E-state index contributed by atoms with van der Waals surface area (Å²) in [5, 5.41) is 0. The molecule has 94 valence electrons. The van der Waals surface area contributed by atoms with E-state index >= 15 is 0 Å². The first-order chi connectivity index (χ1) is 8.18. The van der Waals surface area contributed by atoms with Gasteiger partial charge in [-0.25, -0.2) is 9.19 Å². The molecule has 1 aliphatic rings. The zero-order valence-electron chi connectivity index (χ0n) is 9.43. The molecule has 1 unspecified atom stereocenters. The first-order valence-corrected chi connectivity index (χ1v) is 6.66. The number of hydrogen-bond donors (Lipinski definition) is 3. The summed E-state index contributed by atoms with van der Waals surface area (Å²) in [6.45, 7) is 1.88. The summed E-state index contributed by atoms with van der Waals surface area (Å²) < 4.78 is 22.2. The molecule has 1 aromatic rings. The third kappa shape index (κ3) is 2.86. The fourth-order valence-corrected chi connectivity index (χ4v) is 2.44. The van der Waals surface area contributed by atoms with Gasteiger partial charge in [0.1, 0.15) is 11.5 Å². The summed E-state index contributed by atoms with van der Waals surface area (Å²) in [6.07, 6.45) is 5.10. The lowest BCUT2D eigenvalue weighted by atomic mass is 10.1. The lowest BCUT2D eigenvalue weighted by Gasteiger charge is -2.30. The van der Waals surface area contributed by atoms with Crippen LogP contribution in [-0.4, -0.2) is 26.8 Å². The molecule has 0 bridgehead atoms. The number of anilines is 3. The fourth-order valence-electron chi connectivity index (χ4n) is 2.06. The number of aromatic nitrogens is 1. The molecular weight excluding hydrogens is 240 g/mol. The standard InChI is InChI=1S/C10H16N4O2S/c11-10-9(13-17(15)16)8(4-5-12-10)14-6-2-1-3-7-14/h4-5,13H,1-3,6-7H2,(H2,11,12)(H,15,16). The van der Waals surface area contributed by atoms with Crippen LogP contribution >= 0.6 is 0 Å². The summed E-state index contributed by atoms with van der Waals surface area (Å²) >= 11 is -2.14. The van der Waals surface area contributed by atoms with Gasteiger partial charge in [0.15, 0.2) is 0 Å². The average molecular weight is 256 g/mol. The van der Waals surface area contributed by atoms with Crippen LogP contribution in [0.25, 0.3) is 0 Å². The molecule has 2 heterocycles. The third-order valence-corrected chi connectivity index (χ3v) is 3.22. The number of piperidine rings is 1. The highest BCUT2D eigenvalue weighted by atomic mass is 32.2. The van der Waals surface area contributed by atoms with E-state index in [1.165, 1.54) is 6.42 Å². The molecule has 1 aliphatic heterocycles. The zero-order valence-corrected chi connectivity index (χ0v) is 10.2. The highest BCUT2D eigenvalue weighted by Crippen LogP contribution is 2.31. The summed E-state index contributed by atoms with van der Waals surface area (Å²) in [6, 6.07) is 1.82. The van der Waals surface area contributed by atoms with Crippen molar-refractivity contribution < 1.29 is 8.76 Å². The van der Waals surface area contributed by atoms with Crippen molar-refractivity contribution in [2.45, 2.75) is 19.3 Å². The predicted molar refractivity (Wildman–Crippen MR) is 69.1 cm³/mol. The molecule has 4 N–H and O–H groups in total. The molecule has 1 saturated heterocycles. The summed E-state index contributed by atoms with van der Waals surface area (Å²) in [5.74, 6) is 0.246. The molecule has 1 atom stereocenters. The average Bonchev–Trinajstić information content (AvgIpc) is 2.32. The summed E-state index contributed by atoms with van der Waals surface area (Å²) in [5.41, 5.74) is 7.02. The van der Waals surface area contributed by atoms with Gasteiger partial charge in [-0.3, -0.25) is 9.27 Å². The van der Waals surface area contributed by atoms with E-state index in [0.717, 1.165) is 31.6 Å². The molecule has 1 fully saturated rings. The van der Waals surface area contributed by atoms with Gasteiger partial charge in [-0.05, 0) is 25.3 Å². The van der Waals surface area contributed by atoms with Crippen LogP contribution in [0.5, 0.6) is 0 Å². The molecule has 7 heteroatoms. The number of nitrogens with one attached hydrogen (secondary N) is 1. The van der Waals surface area contributed by atoms with E-state index in [2.05, 4.69) is 14.6 Å². The molecule has 2 rings (SSSR count). The topological polar surface area (TPSA) is 91.5 Å². The Hall–Kier alpha value is -1.34. The molecule has 0 saturated carbocycles. The molecule has 1 aromatic heterocycles. The van der Waals surface area contributed by atoms with Gasteiger partial charge in [-0.1, -0.05) is 0 Å². The lowest BCUT2D eigenvalue weighted by molar-refractivity contribution is 0.569. The van der Waals surface area contributed by atoms with Crippen LogP contribution in [0.3, 0.4) is 0 Å². The Morgan fingerprint density at radius 3 is 2.76 bits per heavy atom. The first-order valence-electron chi connectivity index (χ1n) is 5.55. The minimum Gasteiger partial charge on any atom is -0.382 e. The van der Waals surface area contributed by atoms with Crippen LogP contribution in [0.2, 0.25) is 0 Å². The first kappa shape index (κ1) is 12.1. The monoisotopic (exact) mass is 256 g/mol. The number of nitrogens with zero attached hydrogens (tertiary/aromatic N) is 2. The van der Waals surface area contributed by atoms with Crippen molar-refractivity contribution in [1.82, 2.24) is 4.98 Å². The second kappa shape index (κ2) is 5.33. The van der Waals surface area contributed by atoms with Gasteiger partial charge in [-0.15, -0.1) is 0 Å². The largest absolute Gasteiger partial charge is 0.382 e. The van der Waals surface area contributed by atoms with Crippen molar-refractivity contribution in [3.05, 3.63) is 12.3 Å². The maximum atomic E-state index is 10.9. The molecule has 0 aliphatic carbocycles. The third-order valence-electron chi connectivity index (χ3n) is 2.84. The highest BCUT2D eigenvalue weighted by Gasteiger charge is 2.17. The SMILES string of the molecule is Nc1nccc(N2CCCCC2)c1NS(=O)O. The van der Waals surface area contributed by atoms with Crippen molar-refractivity contribution in [3.63, 3.8) is 0 Å². The van der Waals surface area contributed by atoms with Gasteiger partial charge in [0, 0.05) is 19.3 Å². The van der Waals surface area contributed by atoms with E-state index in [0.29, 0.717) is 5.69 Å². The Morgan fingerprint density at radius 1 is 1.41 bits per heavy atom. The molecule has 17 heavy (non-hydrogen) atoms. The van der Waals surface area contributed by atoms with Gasteiger partial charge < -0.3 is 10.6 Å². The van der Waals surface area contributed by atoms with E-state index in [1.807, 2.05) is 6.07 Å². The van der Waals surface area contributed by atoms with Crippen LogP contribution in [0.4, 0.5) is 17.2 Å². The van der Waals surface area contributed by atoms with E-state index < -0.39 is 11.3 Å². The van der Waals surface area contributed by atoms with E-state index in [-0.39, 0.29) is 5.82 Å². The number of nitrogens with two attached hydrogens (primary N) is 1. The molecule has 0 aromatic carbocycles. The number of rotatable bonds is 3. The molecule has 0 radical (unpaired) electrons. The van der Waals surface area contributed by atoms with E-state index in [1.54, 1.807) is 6.20 Å². The van der Waals surface area contributed by atoms with Gasteiger partial charge in [-0.2, -0.15) is 0 Å². The van der Waals surface area contributed by atoms with Crippen molar-refractivity contribution in [3.8, 4) is 0 Å². The van der Waals surface area contributed by atoms with Crippen LogP contribution in [0.15, 0.2) is 12.3 Å². The van der Waals surface area contributed by atoms with Gasteiger partial charge in [0.25, 0.3) is 11.3 Å². The van der Waals surface area contributed by atoms with Gasteiger partial charge in [0.05, 0.1) is 5.69 Å². The van der Waals surface area contributed by atoms with E-state index in [9.17, 15) is 4.21 Å². The summed E-state index contributed by atoms with van der Waals surface area (Å²) in [4.78, 5) is 6.09. The minimum atomic E-state index is -2.14. The number of nitrogen functional groups attached to an aromatic ring is 1. The molecule has 0 amide bonds. The van der Waals surface area contributed by atoms with Gasteiger partial charge >= 0.3 is 0 Å². The smallest absolute Gasteiger partial charge is 0.259 e. The minimum absolute atomic E-state index is 0.246. The number of hydrogen-bond acceptors (Lipinski definition) is 4. The Bertz CT molecular complexity index is 421. The van der Waals surface area contributed by atoms with Gasteiger partial charge in [0.2, 0.25) is 0 Å². The Labute approximate surface area is 103 Å². The van der Waals surface area contributed by atoms with E-state index in [4.69, 9.17) is 10.3 Å². The van der Waals surface area contributed by atoms with Crippen LogP contribution in [-0.2, 0) is 11.3 Å². The van der Waals surface area contributed by atoms with Crippen LogP contribution in [0, 0.1) is 0 Å². The molecule has 6 nitrogen and oxygen atoms in total.